The molecule has 0 spiro atoms. The molecule has 1 aromatic carbocycles. The molecule has 0 atom stereocenters. The van der Waals surface area contributed by atoms with Crippen molar-refractivity contribution >= 4 is 50.7 Å². The third-order valence-electron chi connectivity index (χ3n) is 3.10. The van der Waals surface area contributed by atoms with Crippen molar-refractivity contribution in [2.24, 2.45) is 0 Å². The SMILES string of the molecule is CNc1nnc(SCc2nc3ccccc3c(C)c2Cl)s1. The largest absolute Gasteiger partial charge is 0.363 e. The third-order valence-corrected chi connectivity index (χ3v) is 5.69. The van der Waals surface area contributed by atoms with E-state index in [1.165, 1.54) is 11.3 Å². The van der Waals surface area contributed by atoms with Crippen molar-refractivity contribution in [1.82, 2.24) is 15.2 Å². The second-order valence-electron chi connectivity index (χ2n) is 4.43. The van der Waals surface area contributed by atoms with Gasteiger partial charge in [0.2, 0.25) is 5.13 Å². The van der Waals surface area contributed by atoms with Crippen molar-refractivity contribution in [1.29, 1.82) is 0 Å². The molecule has 0 aliphatic carbocycles. The fourth-order valence-electron chi connectivity index (χ4n) is 2.01. The van der Waals surface area contributed by atoms with E-state index in [0.29, 0.717) is 5.75 Å². The summed E-state index contributed by atoms with van der Waals surface area (Å²) in [5.74, 6) is 0.683. The third kappa shape index (κ3) is 2.97. The minimum atomic E-state index is 0.683. The molecule has 4 nitrogen and oxygen atoms in total. The number of nitrogens with one attached hydrogen (secondary N) is 1. The van der Waals surface area contributed by atoms with Crippen LogP contribution in [0.3, 0.4) is 0 Å². The summed E-state index contributed by atoms with van der Waals surface area (Å²) in [6.07, 6.45) is 0. The number of para-hydroxylation sites is 1. The van der Waals surface area contributed by atoms with Crippen LogP contribution >= 0.6 is 34.7 Å². The lowest BCUT2D eigenvalue weighted by molar-refractivity contribution is 1.01. The number of thioether (sulfide) groups is 1. The zero-order chi connectivity index (χ0) is 14.8. The first-order valence-corrected chi connectivity index (χ1v) is 8.55. The number of nitrogens with zero attached hydrogens (tertiary/aromatic N) is 3. The predicted octanol–water partition coefficient (Wildman–Crippen LogP) is 4.38. The van der Waals surface area contributed by atoms with Crippen molar-refractivity contribution in [2.45, 2.75) is 17.0 Å². The molecule has 2 heterocycles. The second kappa shape index (κ2) is 6.17. The second-order valence-corrected chi connectivity index (χ2v) is 7.00. The molecular weight excluding hydrogens is 324 g/mol. The van der Waals surface area contributed by atoms with Crippen molar-refractivity contribution in [2.75, 3.05) is 12.4 Å². The number of hydrogen-bond donors (Lipinski definition) is 1. The van der Waals surface area contributed by atoms with Crippen LogP contribution in [0.25, 0.3) is 10.9 Å². The first-order chi connectivity index (χ1) is 10.2. The maximum absolute atomic E-state index is 6.45. The quantitative estimate of drug-likeness (QED) is 0.716. The van der Waals surface area contributed by atoms with Gasteiger partial charge in [0, 0.05) is 18.2 Å². The molecule has 0 aliphatic heterocycles. The molecule has 1 N–H and O–H groups in total. The summed E-state index contributed by atoms with van der Waals surface area (Å²) in [5, 5.41) is 13.8. The van der Waals surface area contributed by atoms with Gasteiger partial charge in [-0.1, -0.05) is 52.9 Å². The Hall–Kier alpha value is -1.37. The van der Waals surface area contributed by atoms with E-state index >= 15 is 0 Å². The number of aromatic nitrogens is 3. The van der Waals surface area contributed by atoms with Gasteiger partial charge in [-0.15, -0.1) is 10.2 Å². The molecule has 0 fully saturated rings. The van der Waals surface area contributed by atoms with Gasteiger partial charge in [-0.2, -0.15) is 0 Å². The topological polar surface area (TPSA) is 50.7 Å². The van der Waals surface area contributed by atoms with Crippen LogP contribution in [0.5, 0.6) is 0 Å². The number of benzene rings is 1. The average Bonchev–Trinajstić information content (AvgIpc) is 2.97. The summed E-state index contributed by atoms with van der Waals surface area (Å²) in [4.78, 5) is 4.67. The highest BCUT2D eigenvalue weighted by atomic mass is 35.5. The van der Waals surface area contributed by atoms with E-state index in [2.05, 4.69) is 20.5 Å². The Morgan fingerprint density at radius 3 is 2.86 bits per heavy atom. The summed E-state index contributed by atoms with van der Waals surface area (Å²) in [6, 6.07) is 8.05. The molecule has 21 heavy (non-hydrogen) atoms. The molecule has 7 heteroatoms. The summed E-state index contributed by atoms with van der Waals surface area (Å²) < 4.78 is 0.906. The molecule has 0 unspecified atom stereocenters. The molecule has 0 aliphatic rings. The Morgan fingerprint density at radius 1 is 1.29 bits per heavy atom. The van der Waals surface area contributed by atoms with E-state index in [9.17, 15) is 0 Å². The minimum absolute atomic E-state index is 0.683. The molecule has 0 amide bonds. The van der Waals surface area contributed by atoms with Gasteiger partial charge in [-0.25, -0.2) is 0 Å². The smallest absolute Gasteiger partial charge is 0.206 e. The Labute approximate surface area is 136 Å². The lowest BCUT2D eigenvalue weighted by atomic mass is 10.1. The number of hydrogen-bond acceptors (Lipinski definition) is 6. The van der Waals surface area contributed by atoms with Gasteiger partial charge in [0.25, 0.3) is 0 Å². The number of rotatable bonds is 4. The van der Waals surface area contributed by atoms with E-state index in [0.717, 1.165) is 36.7 Å². The van der Waals surface area contributed by atoms with Crippen LogP contribution in [-0.2, 0) is 5.75 Å². The van der Waals surface area contributed by atoms with Gasteiger partial charge in [0.15, 0.2) is 4.34 Å². The highest BCUT2D eigenvalue weighted by molar-refractivity contribution is 8.00. The maximum Gasteiger partial charge on any atom is 0.206 e. The zero-order valence-corrected chi connectivity index (χ0v) is 13.9. The summed E-state index contributed by atoms with van der Waals surface area (Å²) in [6.45, 7) is 2.03. The standard InChI is InChI=1S/C14H13ClN4S2/c1-8-9-5-3-4-6-10(9)17-11(12(8)15)7-20-14-19-18-13(16-2)21-14/h3-6H,7H2,1-2H3,(H,16,18). The van der Waals surface area contributed by atoms with Crippen LogP contribution in [0.2, 0.25) is 5.02 Å². The van der Waals surface area contributed by atoms with Crippen LogP contribution in [0.15, 0.2) is 28.6 Å². The van der Waals surface area contributed by atoms with E-state index in [-0.39, 0.29) is 0 Å². The van der Waals surface area contributed by atoms with Gasteiger partial charge in [-0.3, -0.25) is 4.98 Å². The lowest BCUT2D eigenvalue weighted by Gasteiger charge is -2.09. The highest BCUT2D eigenvalue weighted by Crippen LogP contribution is 2.32. The first kappa shape index (κ1) is 14.6. The first-order valence-electron chi connectivity index (χ1n) is 6.37. The molecule has 0 saturated carbocycles. The molecule has 0 saturated heterocycles. The van der Waals surface area contributed by atoms with Crippen molar-refractivity contribution in [3.05, 3.63) is 40.5 Å². The Morgan fingerprint density at radius 2 is 2.10 bits per heavy atom. The molecule has 0 bridgehead atoms. The van der Waals surface area contributed by atoms with E-state index in [4.69, 9.17) is 11.6 Å². The fourth-order valence-corrected chi connectivity index (χ4v) is 3.95. The van der Waals surface area contributed by atoms with Gasteiger partial charge in [0.05, 0.1) is 16.2 Å². The Kier molecular flexibility index (Phi) is 4.28. The van der Waals surface area contributed by atoms with Crippen LogP contribution in [0.1, 0.15) is 11.3 Å². The number of aryl methyl sites for hydroxylation is 1. The molecule has 2 aromatic heterocycles. The van der Waals surface area contributed by atoms with Gasteiger partial charge in [-0.05, 0) is 18.6 Å². The number of anilines is 1. The van der Waals surface area contributed by atoms with Crippen molar-refractivity contribution < 1.29 is 0 Å². The molecule has 3 aromatic rings. The summed E-state index contributed by atoms with van der Waals surface area (Å²) in [7, 11) is 1.83. The maximum atomic E-state index is 6.45. The highest BCUT2D eigenvalue weighted by Gasteiger charge is 2.12. The van der Waals surface area contributed by atoms with Crippen molar-refractivity contribution in [3.8, 4) is 0 Å². The molecule has 108 valence electrons. The van der Waals surface area contributed by atoms with Crippen LogP contribution < -0.4 is 5.32 Å². The summed E-state index contributed by atoms with van der Waals surface area (Å²) >= 11 is 9.57. The van der Waals surface area contributed by atoms with Gasteiger partial charge < -0.3 is 5.32 Å². The van der Waals surface area contributed by atoms with Gasteiger partial charge >= 0.3 is 0 Å². The van der Waals surface area contributed by atoms with Crippen molar-refractivity contribution in [3.63, 3.8) is 0 Å². The number of fused-ring (bicyclic) bond motifs is 1. The molecule has 3 rings (SSSR count). The molecular formula is C14H13ClN4S2. The zero-order valence-electron chi connectivity index (χ0n) is 11.6. The Balaban J connectivity index is 1.88. The van der Waals surface area contributed by atoms with Crippen LogP contribution in [-0.4, -0.2) is 22.2 Å². The van der Waals surface area contributed by atoms with E-state index < -0.39 is 0 Å². The summed E-state index contributed by atoms with van der Waals surface area (Å²) in [5.41, 5.74) is 2.94. The lowest BCUT2D eigenvalue weighted by Crippen LogP contribution is -1.94. The minimum Gasteiger partial charge on any atom is -0.363 e. The predicted molar refractivity (Wildman–Crippen MR) is 90.5 cm³/mol. The number of halogens is 1. The normalized spacial score (nSPS) is 11.0. The molecule has 0 radical (unpaired) electrons. The van der Waals surface area contributed by atoms with E-state index in [1.54, 1.807) is 11.8 Å². The fraction of sp³-hybridized carbons (Fsp3) is 0.214. The monoisotopic (exact) mass is 336 g/mol. The van der Waals surface area contributed by atoms with Crippen LogP contribution in [0.4, 0.5) is 5.13 Å². The van der Waals surface area contributed by atoms with E-state index in [1.807, 2.05) is 38.2 Å². The Bertz CT molecular complexity index is 788. The average molecular weight is 337 g/mol. The van der Waals surface area contributed by atoms with Crippen LogP contribution in [0, 0.1) is 6.92 Å². The number of pyridine rings is 1. The van der Waals surface area contributed by atoms with Gasteiger partial charge in [0.1, 0.15) is 0 Å².